The van der Waals surface area contributed by atoms with Crippen LogP contribution in [0.5, 0.6) is 0 Å². The van der Waals surface area contributed by atoms with Crippen molar-refractivity contribution in [3.05, 3.63) is 41.4 Å². The van der Waals surface area contributed by atoms with E-state index in [1.54, 1.807) is 17.1 Å². The number of aryl methyl sites for hydroxylation is 1. The standard InChI is InChI=1S/C18H23N7O/c1-23-12-13(11-20-23)17(26)25-9-5-14-15(6-10-25)21-18(19)22-16(14)24-7-3-2-4-8-24/h2-3,11-12H,4-10H2,1H3,(H2,19,21,22). The van der Waals surface area contributed by atoms with Gasteiger partial charge >= 0.3 is 0 Å². The van der Waals surface area contributed by atoms with Crippen molar-refractivity contribution in [2.75, 3.05) is 36.8 Å². The Hall–Kier alpha value is -2.90. The zero-order valence-electron chi connectivity index (χ0n) is 14.9. The number of rotatable bonds is 2. The van der Waals surface area contributed by atoms with Gasteiger partial charge in [0, 0.05) is 51.4 Å². The molecule has 0 atom stereocenters. The molecule has 2 aromatic heterocycles. The van der Waals surface area contributed by atoms with Gasteiger partial charge < -0.3 is 15.5 Å². The van der Waals surface area contributed by atoms with Crippen LogP contribution >= 0.6 is 0 Å². The van der Waals surface area contributed by atoms with Crippen molar-refractivity contribution < 1.29 is 4.79 Å². The van der Waals surface area contributed by atoms with Gasteiger partial charge in [0.1, 0.15) is 5.82 Å². The number of nitrogens with zero attached hydrogens (tertiary/aromatic N) is 6. The van der Waals surface area contributed by atoms with E-state index in [-0.39, 0.29) is 5.91 Å². The number of nitrogens with two attached hydrogens (primary N) is 1. The van der Waals surface area contributed by atoms with E-state index in [0.29, 0.717) is 31.0 Å². The van der Waals surface area contributed by atoms with Crippen LogP contribution in [-0.4, -0.2) is 56.7 Å². The molecule has 2 aromatic rings. The van der Waals surface area contributed by atoms with Crippen molar-refractivity contribution in [2.45, 2.75) is 19.3 Å². The Bertz CT molecular complexity index is 857. The smallest absolute Gasteiger partial charge is 0.257 e. The maximum atomic E-state index is 12.8. The van der Waals surface area contributed by atoms with Gasteiger partial charge in [-0.15, -0.1) is 0 Å². The molecule has 0 aliphatic carbocycles. The Kier molecular flexibility index (Phi) is 4.32. The molecule has 0 bridgehead atoms. The summed E-state index contributed by atoms with van der Waals surface area (Å²) in [6, 6.07) is 0. The molecule has 26 heavy (non-hydrogen) atoms. The summed E-state index contributed by atoms with van der Waals surface area (Å²) in [5, 5.41) is 4.10. The van der Waals surface area contributed by atoms with Crippen molar-refractivity contribution in [3.8, 4) is 0 Å². The highest BCUT2D eigenvalue weighted by Crippen LogP contribution is 2.27. The predicted molar refractivity (Wildman–Crippen MR) is 98.9 cm³/mol. The largest absolute Gasteiger partial charge is 0.368 e. The van der Waals surface area contributed by atoms with Crippen LogP contribution in [0.25, 0.3) is 0 Å². The van der Waals surface area contributed by atoms with Crippen LogP contribution in [0.15, 0.2) is 24.5 Å². The fourth-order valence-electron chi connectivity index (χ4n) is 3.61. The topological polar surface area (TPSA) is 93.2 Å². The molecular formula is C18H23N7O. The van der Waals surface area contributed by atoms with Gasteiger partial charge in [0.15, 0.2) is 0 Å². The first kappa shape index (κ1) is 16.6. The van der Waals surface area contributed by atoms with Gasteiger partial charge in [-0.1, -0.05) is 12.2 Å². The number of amides is 1. The lowest BCUT2D eigenvalue weighted by Gasteiger charge is -2.27. The number of nitrogen functional groups attached to an aromatic ring is 1. The van der Waals surface area contributed by atoms with Gasteiger partial charge in [0.2, 0.25) is 5.95 Å². The lowest BCUT2D eigenvalue weighted by Crippen LogP contribution is -2.33. The minimum atomic E-state index is 0.00860. The van der Waals surface area contributed by atoms with Gasteiger partial charge in [-0.25, -0.2) is 4.98 Å². The molecule has 2 aliphatic heterocycles. The average Bonchev–Trinajstić information content (AvgIpc) is 2.97. The van der Waals surface area contributed by atoms with E-state index < -0.39 is 0 Å². The summed E-state index contributed by atoms with van der Waals surface area (Å²) in [6.45, 7) is 3.03. The summed E-state index contributed by atoms with van der Waals surface area (Å²) in [5.74, 6) is 1.24. The molecule has 1 amide bonds. The molecule has 4 rings (SSSR count). The molecule has 136 valence electrons. The molecule has 0 radical (unpaired) electrons. The normalized spacial score (nSPS) is 17.1. The van der Waals surface area contributed by atoms with E-state index >= 15 is 0 Å². The van der Waals surface area contributed by atoms with Crippen LogP contribution in [0.1, 0.15) is 28.0 Å². The third kappa shape index (κ3) is 3.14. The van der Waals surface area contributed by atoms with Crippen molar-refractivity contribution in [1.82, 2.24) is 24.6 Å². The lowest BCUT2D eigenvalue weighted by molar-refractivity contribution is 0.0763. The summed E-state index contributed by atoms with van der Waals surface area (Å²) in [6.07, 6.45) is 10.1. The number of hydrogen-bond acceptors (Lipinski definition) is 6. The summed E-state index contributed by atoms with van der Waals surface area (Å²) < 4.78 is 1.65. The molecule has 8 nitrogen and oxygen atoms in total. The van der Waals surface area contributed by atoms with E-state index in [4.69, 9.17) is 5.73 Å². The highest BCUT2D eigenvalue weighted by molar-refractivity contribution is 5.93. The average molecular weight is 353 g/mol. The number of carbonyl (C=O) groups excluding carboxylic acids is 1. The number of aromatic nitrogens is 4. The first-order valence-corrected chi connectivity index (χ1v) is 8.95. The highest BCUT2D eigenvalue weighted by atomic mass is 16.2. The van der Waals surface area contributed by atoms with Crippen molar-refractivity contribution >= 4 is 17.7 Å². The molecular weight excluding hydrogens is 330 g/mol. The van der Waals surface area contributed by atoms with E-state index in [1.165, 1.54) is 0 Å². The van der Waals surface area contributed by atoms with Crippen LogP contribution in [-0.2, 0) is 19.9 Å². The maximum absolute atomic E-state index is 12.8. The minimum absolute atomic E-state index is 0.00860. The van der Waals surface area contributed by atoms with Gasteiger partial charge in [-0.05, 0) is 12.8 Å². The lowest BCUT2D eigenvalue weighted by atomic mass is 10.1. The molecule has 0 fully saturated rings. The van der Waals surface area contributed by atoms with E-state index in [1.807, 2.05) is 11.9 Å². The molecule has 0 unspecified atom stereocenters. The van der Waals surface area contributed by atoms with Crippen LogP contribution < -0.4 is 10.6 Å². The molecule has 8 heteroatoms. The Morgan fingerprint density at radius 2 is 2.00 bits per heavy atom. The molecule has 2 aliphatic rings. The summed E-state index contributed by atoms with van der Waals surface area (Å²) in [7, 11) is 1.81. The summed E-state index contributed by atoms with van der Waals surface area (Å²) >= 11 is 0. The molecule has 0 spiro atoms. The van der Waals surface area contributed by atoms with Gasteiger partial charge in [0.05, 0.1) is 17.5 Å². The second kappa shape index (κ2) is 6.78. The van der Waals surface area contributed by atoms with Gasteiger partial charge in [-0.2, -0.15) is 10.1 Å². The SMILES string of the molecule is Cn1cc(C(=O)N2CCc3nc(N)nc(N4CC=CCC4)c3CC2)cn1. The zero-order valence-corrected chi connectivity index (χ0v) is 14.9. The molecule has 0 saturated heterocycles. The van der Waals surface area contributed by atoms with Crippen molar-refractivity contribution in [3.63, 3.8) is 0 Å². The summed E-state index contributed by atoms with van der Waals surface area (Å²) in [4.78, 5) is 25.9. The molecule has 0 aromatic carbocycles. The Labute approximate surface area is 152 Å². The maximum Gasteiger partial charge on any atom is 0.257 e. The van der Waals surface area contributed by atoms with Crippen LogP contribution in [0.3, 0.4) is 0 Å². The number of hydrogen-bond donors (Lipinski definition) is 1. The monoisotopic (exact) mass is 353 g/mol. The van der Waals surface area contributed by atoms with Crippen LogP contribution in [0.2, 0.25) is 0 Å². The number of carbonyl (C=O) groups is 1. The van der Waals surface area contributed by atoms with Gasteiger partial charge in [0.25, 0.3) is 5.91 Å². The summed E-state index contributed by atoms with van der Waals surface area (Å²) in [5.41, 5.74) is 8.67. The first-order chi connectivity index (χ1) is 12.6. The fraction of sp³-hybridized carbons (Fsp3) is 0.444. The van der Waals surface area contributed by atoms with Crippen molar-refractivity contribution in [2.24, 2.45) is 7.05 Å². The van der Waals surface area contributed by atoms with Crippen LogP contribution in [0.4, 0.5) is 11.8 Å². The Morgan fingerprint density at radius 3 is 2.73 bits per heavy atom. The quantitative estimate of drug-likeness (QED) is 0.803. The van der Waals surface area contributed by atoms with Crippen LogP contribution in [0, 0.1) is 0 Å². The Morgan fingerprint density at radius 1 is 1.15 bits per heavy atom. The third-order valence-corrected chi connectivity index (χ3v) is 4.94. The first-order valence-electron chi connectivity index (χ1n) is 8.95. The van der Waals surface area contributed by atoms with E-state index in [0.717, 1.165) is 43.0 Å². The van der Waals surface area contributed by atoms with Gasteiger partial charge in [-0.3, -0.25) is 9.48 Å². The molecule has 0 saturated carbocycles. The van der Waals surface area contributed by atoms with Crippen molar-refractivity contribution in [1.29, 1.82) is 0 Å². The fourth-order valence-corrected chi connectivity index (χ4v) is 3.61. The number of fused-ring (bicyclic) bond motifs is 1. The number of anilines is 2. The zero-order chi connectivity index (χ0) is 18.1. The highest BCUT2D eigenvalue weighted by Gasteiger charge is 2.25. The Balaban J connectivity index is 1.59. The van der Waals surface area contributed by atoms with E-state index in [9.17, 15) is 4.79 Å². The third-order valence-electron chi connectivity index (χ3n) is 4.94. The molecule has 2 N–H and O–H groups in total. The molecule has 4 heterocycles. The van der Waals surface area contributed by atoms with E-state index in [2.05, 4.69) is 32.1 Å². The second-order valence-electron chi connectivity index (χ2n) is 6.73. The minimum Gasteiger partial charge on any atom is -0.368 e. The second-order valence-corrected chi connectivity index (χ2v) is 6.73. The predicted octanol–water partition coefficient (Wildman–Crippen LogP) is 0.800.